The monoisotopic (exact) mass is 368 g/mol. The number of amides is 1. The van der Waals surface area contributed by atoms with Gasteiger partial charge in [-0.1, -0.05) is 12.1 Å². The van der Waals surface area contributed by atoms with Crippen LogP contribution in [0.4, 0.5) is 0 Å². The van der Waals surface area contributed by atoms with Gasteiger partial charge in [-0.15, -0.1) is 11.3 Å². The number of aryl methyl sites for hydroxylation is 2. The minimum Gasteiger partial charge on any atom is -0.497 e. The summed E-state index contributed by atoms with van der Waals surface area (Å²) in [5.74, 6) is 0.596. The molecule has 1 aliphatic carbocycles. The first kappa shape index (κ1) is 16.8. The molecule has 134 valence electrons. The summed E-state index contributed by atoms with van der Waals surface area (Å²) in [7, 11) is 1.62. The lowest BCUT2D eigenvalue weighted by Crippen LogP contribution is -2.31. The minimum atomic E-state index is -0.139. The number of hydrogen-bond donors (Lipinski definition) is 2. The zero-order chi connectivity index (χ0) is 18.1. The number of benzene rings is 1. The molecular formula is C19H20N4O2S. The van der Waals surface area contributed by atoms with Crippen molar-refractivity contribution in [2.75, 3.05) is 7.11 Å². The number of nitrogens with one attached hydrogen (secondary N) is 2. The molecule has 6 nitrogen and oxygen atoms in total. The third-order valence-electron chi connectivity index (χ3n) is 4.61. The van der Waals surface area contributed by atoms with Crippen LogP contribution >= 0.6 is 11.3 Å². The Bertz CT molecular complexity index is 947. The van der Waals surface area contributed by atoms with E-state index in [1.165, 1.54) is 4.88 Å². The van der Waals surface area contributed by atoms with E-state index in [9.17, 15) is 4.79 Å². The average molecular weight is 368 g/mol. The van der Waals surface area contributed by atoms with Gasteiger partial charge in [0.1, 0.15) is 5.75 Å². The van der Waals surface area contributed by atoms with Gasteiger partial charge in [-0.05, 0) is 38.3 Å². The van der Waals surface area contributed by atoms with E-state index < -0.39 is 0 Å². The Morgan fingerprint density at radius 1 is 1.42 bits per heavy atom. The molecule has 1 aliphatic rings. The molecule has 1 unspecified atom stereocenters. The summed E-state index contributed by atoms with van der Waals surface area (Å²) in [5.41, 5.74) is 3.10. The number of carbonyl (C=O) groups is 1. The molecular weight excluding hydrogens is 348 g/mol. The Labute approximate surface area is 155 Å². The number of ether oxygens (including phenoxy) is 1. The van der Waals surface area contributed by atoms with E-state index in [0.717, 1.165) is 41.3 Å². The van der Waals surface area contributed by atoms with Crippen molar-refractivity contribution in [3.05, 3.63) is 51.6 Å². The highest BCUT2D eigenvalue weighted by Gasteiger charge is 2.27. The lowest BCUT2D eigenvalue weighted by molar-refractivity contribution is 0.0932. The van der Waals surface area contributed by atoms with Gasteiger partial charge < -0.3 is 10.1 Å². The van der Waals surface area contributed by atoms with Crippen LogP contribution in [0.1, 0.15) is 44.8 Å². The Morgan fingerprint density at radius 2 is 2.31 bits per heavy atom. The quantitative estimate of drug-likeness (QED) is 0.736. The molecule has 2 heterocycles. The molecule has 0 spiro atoms. The average Bonchev–Trinajstić information content (AvgIpc) is 3.28. The second-order valence-corrected chi connectivity index (χ2v) is 7.64. The summed E-state index contributed by atoms with van der Waals surface area (Å²) in [6.07, 6.45) is 4.59. The molecule has 0 fully saturated rings. The number of aromatic nitrogens is 3. The first-order chi connectivity index (χ1) is 12.7. The Kier molecular flexibility index (Phi) is 4.46. The highest BCUT2D eigenvalue weighted by molar-refractivity contribution is 7.11. The normalized spacial score (nSPS) is 16.2. The number of methoxy groups -OCH3 is 1. The Hall–Kier alpha value is -2.67. The molecule has 1 atom stereocenters. The number of fused-ring (bicyclic) bond motifs is 1. The van der Waals surface area contributed by atoms with Gasteiger partial charge in [0, 0.05) is 10.4 Å². The fraction of sp³-hybridized carbons (Fsp3) is 0.316. The zero-order valence-corrected chi connectivity index (χ0v) is 15.5. The van der Waals surface area contributed by atoms with Crippen molar-refractivity contribution in [3.63, 3.8) is 0 Å². The Morgan fingerprint density at radius 3 is 3.15 bits per heavy atom. The molecule has 0 radical (unpaired) electrons. The van der Waals surface area contributed by atoms with E-state index in [1.54, 1.807) is 24.6 Å². The minimum absolute atomic E-state index is 0.0377. The molecule has 0 saturated carbocycles. The fourth-order valence-corrected chi connectivity index (χ4v) is 4.41. The number of nitrogens with zero attached hydrogens (tertiary/aromatic N) is 2. The molecule has 1 aromatic carbocycles. The summed E-state index contributed by atoms with van der Waals surface area (Å²) in [4.78, 5) is 18.8. The topological polar surface area (TPSA) is 79.9 Å². The van der Waals surface area contributed by atoms with E-state index in [0.29, 0.717) is 11.3 Å². The smallest absolute Gasteiger partial charge is 0.255 e. The largest absolute Gasteiger partial charge is 0.497 e. The van der Waals surface area contributed by atoms with Crippen LogP contribution in [0.25, 0.3) is 11.3 Å². The maximum Gasteiger partial charge on any atom is 0.255 e. The van der Waals surface area contributed by atoms with Crippen molar-refractivity contribution in [2.45, 2.75) is 32.2 Å². The molecule has 0 saturated heterocycles. The molecule has 1 amide bonds. The van der Waals surface area contributed by atoms with Crippen molar-refractivity contribution in [1.82, 2.24) is 20.5 Å². The van der Waals surface area contributed by atoms with Crippen molar-refractivity contribution >= 4 is 17.2 Å². The van der Waals surface area contributed by atoms with E-state index in [-0.39, 0.29) is 11.9 Å². The maximum absolute atomic E-state index is 12.9. The first-order valence-corrected chi connectivity index (χ1v) is 9.42. The highest BCUT2D eigenvalue weighted by atomic mass is 32.1. The van der Waals surface area contributed by atoms with E-state index in [2.05, 4.69) is 20.5 Å². The van der Waals surface area contributed by atoms with Gasteiger partial charge in [0.15, 0.2) is 0 Å². The molecule has 2 N–H and O–H groups in total. The molecule has 2 aromatic heterocycles. The molecule has 4 rings (SSSR count). The van der Waals surface area contributed by atoms with Gasteiger partial charge in [0.25, 0.3) is 5.91 Å². The lowest BCUT2D eigenvalue weighted by atomic mass is 9.97. The van der Waals surface area contributed by atoms with E-state index >= 15 is 0 Å². The first-order valence-electron chi connectivity index (χ1n) is 8.60. The van der Waals surface area contributed by atoms with E-state index in [4.69, 9.17) is 4.74 Å². The predicted octanol–water partition coefficient (Wildman–Crippen LogP) is 3.66. The van der Waals surface area contributed by atoms with Crippen LogP contribution in [0, 0.1) is 6.92 Å². The molecule has 7 heteroatoms. The van der Waals surface area contributed by atoms with Gasteiger partial charge in [0.2, 0.25) is 0 Å². The van der Waals surface area contributed by atoms with Crippen LogP contribution in [-0.4, -0.2) is 28.2 Å². The van der Waals surface area contributed by atoms with Crippen molar-refractivity contribution in [2.24, 2.45) is 0 Å². The van der Waals surface area contributed by atoms with Crippen LogP contribution in [-0.2, 0) is 6.42 Å². The third kappa shape index (κ3) is 3.10. The summed E-state index contributed by atoms with van der Waals surface area (Å²) in [6.45, 7) is 2.01. The standard InChI is InChI=1S/C19H20N4O2S/c1-11-21-18-15(7-4-8-16(18)26-11)22-19(24)14-10-20-23-17(14)12-5-3-6-13(9-12)25-2/h3,5-6,9-10,15H,4,7-8H2,1-2H3,(H,20,23)(H,22,24). The van der Waals surface area contributed by atoms with E-state index in [1.807, 2.05) is 31.2 Å². The molecule has 0 aliphatic heterocycles. The van der Waals surface area contributed by atoms with Crippen LogP contribution in [0.15, 0.2) is 30.5 Å². The van der Waals surface area contributed by atoms with Gasteiger partial charge in [-0.3, -0.25) is 9.89 Å². The number of carbonyl (C=O) groups excluding carboxylic acids is 1. The fourth-order valence-electron chi connectivity index (χ4n) is 3.37. The number of aromatic amines is 1. The summed E-state index contributed by atoms with van der Waals surface area (Å²) >= 11 is 1.73. The molecule has 0 bridgehead atoms. The lowest BCUT2D eigenvalue weighted by Gasteiger charge is -2.22. The van der Waals surface area contributed by atoms with Crippen molar-refractivity contribution < 1.29 is 9.53 Å². The van der Waals surface area contributed by atoms with Crippen LogP contribution in [0.2, 0.25) is 0 Å². The number of hydrogen-bond acceptors (Lipinski definition) is 5. The van der Waals surface area contributed by atoms with Crippen molar-refractivity contribution in [3.8, 4) is 17.0 Å². The number of H-pyrrole nitrogens is 1. The highest BCUT2D eigenvalue weighted by Crippen LogP contribution is 2.33. The van der Waals surface area contributed by atoms with Gasteiger partial charge in [0.05, 0.1) is 41.3 Å². The summed E-state index contributed by atoms with van der Waals surface area (Å²) in [5, 5.41) is 11.2. The summed E-state index contributed by atoms with van der Waals surface area (Å²) in [6, 6.07) is 7.53. The van der Waals surface area contributed by atoms with Gasteiger partial charge in [-0.2, -0.15) is 5.10 Å². The molecule has 26 heavy (non-hydrogen) atoms. The third-order valence-corrected chi connectivity index (χ3v) is 5.66. The predicted molar refractivity (Wildman–Crippen MR) is 101 cm³/mol. The van der Waals surface area contributed by atoms with Crippen LogP contribution in [0.5, 0.6) is 5.75 Å². The van der Waals surface area contributed by atoms with Crippen LogP contribution < -0.4 is 10.1 Å². The van der Waals surface area contributed by atoms with Gasteiger partial charge in [-0.25, -0.2) is 4.98 Å². The second kappa shape index (κ2) is 6.92. The number of thiazole rings is 1. The second-order valence-electron chi connectivity index (χ2n) is 6.35. The van der Waals surface area contributed by atoms with Gasteiger partial charge >= 0.3 is 0 Å². The zero-order valence-electron chi connectivity index (χ0n) is 14.7. The van der Waals surface area contributed by atoms with Crippen LogP contribution in [0.3, 0.4) is 0 Å². The Balaban J connectivity index is 1.60. The molecule has 3 aromatic rings. The SMILES string of the molecule is COc1cccc(-c2[nH]ncc2C(=O)NC2CCCc3sc(C)nc32)c1. The number of rotatable bonds is 4. The maximum atomic E-state index is 12.9. The summed E-state index contributed by atoms with van der Waals surface area (Å²) < 4.78 is 5.27. The van der Waals surface area contributed by atoms with Crippen molar-refractivity contribution in [1.29, 1.82) is 0 Å².